The lowest BCUT2D eigenvalue weighted by Crippen LogP contribution is -2.40. The zero-order valence-electron chi connectivity index (χ0n) is 40.3. The van der Waals surface area contributed by atoms with Crippen LogP contribution in [0.3, 0.4) is 0 Å². The Hall–Kier alpha value is -6.89. The SMILES string of the molecule is O=CNc1cc([C@@H](O)CBr)ccc1OCc1ccccc1.O=CNc1cc([C@@H](O)CN(CCc2ccc(Nc3ccc(S(=O)(=O)N4CCOCC4)cc3)cc2)Cc2ccccc2)ccc1OCc1ccccc1. The van der Waals surface area contributed by atoms with E-state index in [2.05, 4.69) is 61.0 Å². The van der Waals surface area contributed by atoms with Crippen molar-refractivity contribution >= 4 is 61.5 Å². The number of nitrogens with one attached hydrogen (secondary N) is 3. The van der Waals surface area contributed by atoms with E-state index < -0.39 is 22.2 Å². The van der Waals surface area contributed by atoms with Crippen molar-refractivity contribution < 1.29 is 42.4 Å². The van der Waals surface area contributed by atoms with Crippen LogP contribution in [0.5, 0.6) is 11.5 Å². The number of nitrogens with zero attached hydrogens (tertiary/aromatic N) is 2. The number of hydrogen-bond donors (Lipinski definition) is 5. The van der Waals surface area contributed by atoms with E-state index >= 15 is 0 Å². The van der Waals surface area contributed by atoms with Gasteiger partial charge in [-0.1, -0.05) is 131 Å². The van der Waals surface area contributed by atoms with Gasteiger partial charge in [-0.05, 0) is 100 Å². The fourth-order valence-electron chi connectivity index (χ4n) is 7.96. The van der Waals surface area contributed by atoms with Crippen LogP contribution in [0.1, 0.15) is 45.6 Å². The molecule has 7 aromatic carbocycles. The van der Waals surface area contributed by atoms with Crippen molar-refractivity contribution in [3.63, 3.8) is 0 Å². The number of halogens is 1. The van der Waals surface area contributed by atoms with Gasteiger partial charge in [0, 0.05) is 49.4 Å². The first-order valence-corrected chi connectivity index (χ1v) is 26.4. The van der Waals surface area contributed by atoms with Gasteiger partial charge in [0.25, 0.3) is 0 Å². The molecule has 5 N–H and O–H groups in total. The molecule has 16 heteroatoms. The van der Waals surface area contributed by atoms with Crippen LogP contribution in [0.15, 0.2) is 181 Å². The number of aliphatic hydroxyl groups excluding tert-OH is 2. The molecule has 0 aromatic heterocycles. The number of hydrogen-bond acceptors (Lipinski definition) is 11. The van der Waals surface area contributed by atoms with Gasteiger partial charge in [0.15, 0.2) is 0 Å². The maximum Gasteiger partial charge on any atom is 0.243 e. The fourth-order valence-corrected chi connectivity index (χ4v) is 9.74. The van der Waals surface area contributed by atoms with Crippen LogP contribution < -0.4 is 25.4 Å². The number of carbonyl (C=O) groups excluding carboxylic acids is 2. The molecule has 1 saturated heterocycles. The van der Waals surface area contributed by atoms with E-state index in [1.807, 2.05) is 97.1 Å². The minimum atomic E-state index is -3.55. The van der Waals surface area contributed by atoms with E-state index in [4.69, 9.17) is 14.2 Å². The second kappa shape index (κ2) is 27.8. The number of rotatable bonds is 24. The van der Waals surface area contributed by atoms with Crippen LogP contribution in [-0.4, -0.2) is 85.4 Å². The van der Waals surface area contributed by atoms with Crippen LogP contribution >= 0.6 is 15.9 Å². The molecular weight excluding hydrogens is 1010 g/mol. The highest BCUT2D eigenvalue weighted by Gasteiger charge is 2.26. The summed E-state index contributed by atoms with van der Waals surface area (Å²) in [7, 11) is -3.55. The van der Waals surface area contributed by atoms with Gasteiger partial charge in [-0.15, -0.1) is 0 Å². The van der Waals surface area contributed by atoms with Crippen molar-refractivity contribution in [1.29, 1.82) is 0 Å². The van der Waals surface area contributed by atoms with E-state index in [1.165, 1.54) is 4.31 Å². The van der Waals surface area contributed by atoms with Crippen molar-refractivity contribution in [1.82, 2.24) is 9.21 Å². The van der Waals surface area contributed by atoms with Crippen LogP contribution in [0.25, 0.3) is 0 Å². The molecule has 1 aliphatic rings. The Morgan fingerprint density at radius 2 is 1.10 bits per heavy atom. The monoisotopic (exact) mass is 1070 g/mol. The zero-order chi connectivity index (χ0) is 51.3. The Morgan fingerprint density at radius 3 is 1.59 bits per heavy atom. The van der Waals surface area contributed by atoms with E-state index in [1.54, 1.807) is 54.6 Å². The summed E-state index contributed by atoms with van der Waals surface area (Å²) >= 11 is 3.22. The summed E-state index contributed by atoms with van der Waals surface area (Å²) in [5.41, 5.74) is 8.44. The lowest BCUT2D eigenvalue weighted by Gasteiger charge is -2.26. The lowest BCUT2D eigenvalue weighted by molar-refractivity contribution is -0.106. The van der Waals surface area contributed by atoms with Gasteiger partial charge in [-0.2, -0.15) is 4.31 Å². The second-order valence-corrected chi connectivity index (χ2v) is 19.7. The number of carbonyl (C=O) groups is 2. The number of amides is 2. The molecule has 2 amide bonds. The third kappa shape index (κ3) is 16.3. The molecule has 8 rings (SSSR count). The highest BCUT2D eigenvalue weighted by Crippen LogP contribution is 2.31. The Kier molecular flexibility index (Phi) is 20.5. The largest absolute Gasteiger partial charge is 0.487 e. The van der Waals surface area contributed by atoms with Gasteiger partial charge in [-0.3, -0.25) is 14.5 Å². The number of benzene rings is 7. The molecule has 0 radical (unpaired) electrons. The molecule has 0 saturated carbocycles. The molecule has 7 aromatic rings. The lowest BCUT2D eigenvalue weighted by atomic mass is 10.1. The predicted octanol–water partition coefficient (Wildman–Crippen LogP) is 9.64. The standard InChI is InChI=1S/C41H44N4O6S.C16H16BrNO3/c46-31-42-39-27-35(13-20-41(39)51-30-34-9-5-2-6-10-34)40(47)29-44(28-33-7-3-1-4-8-33)22-21-32-11-14-36(15-12-32)43-37-16-18-38(19-17-37)52(48,49)45-23-25-50-26-24-45;17-9-15(20)13-6-7-16(14(8-13)18-11-19)21-10-12-4-2-1-3-5-12/h1-20,27,31,40,43,47H,21-26,28-30H2,(H,42,46);1-8,11,15,20H,9-10H2,(H,18,19)/t40-;15-/m00/s1. The van der Waals surface area contributed by atoms with Gasteiger partial charge in [0.05, 0.1) is 41.7 Å². The summed E-state index contributed by atoms with van der Waals surface area (Å²) < 4.78 is 44.4. The maximum absolute atomic E-state index is 13.0. The number of morpholine rings is 1. The molecule has 380 valence electrons. The Bertz CT molecular complexity index is 2900. The highest BCUT2D eigenvalue weighted by molar-refractivity contribution is 9.09. The Morgan fingerprint density at radius 1 is 0.616 bits per heavy atom. The molecule has 1 fully saturated rings. The fraction of sp³-hybridized carbons (Fsp3) is 0.228. The highest BCUT2D eigenvalue weighted by atomic mass is 79.9. The van der Waals surface area contributed by atoms with Crippen LogP contribution in [0.2, 0.25) is 0 Å². The first kappa shape index (κ1) is 53.9. The van der Waals surface area contributed by atoms with E-state index in [-0.39, 0.29) is 4.90 Å². The minimum Gasteiger partial charge on any atom is -0.487 e. The maximum atomic E-state index is 13.0. The van der Waals surface area contributed by atoms with Crippen LogP contribution in [-0.2, 0) is 50.5 Å². The smallest absolute Gasteiger partial charge is 0.243 e. The molecule has 1 heterocycles. The van der Waals surface area contributed by atoms with Crippen molar-refractivity contribution in [2.45, 2.75) is 43.3 Å². The summed E-state index contributed by atoms with van der Waals surface area (Å²) in [4.78, 5) is 24.6. The average molecular weight is 1070 g/mol. The number of ether oxygens (including phenoxy) is 3. The van der Waals surface area contributed by atoms with Gasteiger partial charge < -0.3 is 40.4 Å². The third-order valence-electron chi connectivity index (χ3n) is 11.9. The molecule has 2 atom stereocenters. The third-order valence-corrected chi connectivity index (χ3v) is 14.5. The summed E-state index contributed by atoms with van der Waals surface area (Å²) in [6, 6.07) is 55.3. The first-order chi connectivity index (χ1) is 35.6. The van der Waals surface area contributed by atoms with Crippen molar-refractivity contribution in [3.8, 4) is 11.5 Å². The van der Waals surface area contributed by atoms with E-state index in [9.17, 15) is 28.2 Å². The van der Waals surface area contributed by atoms with Gasteiger partial charge in [0.1, 0.15) is 24.7 Å². The molecule has 0 aliphatic carbocycles. The summed E-state index contributed by atoms with van der Waals surface area (Å²) in [6.45, 7) is 4.05. The number of aliphatic hydroxyl groups is 2. The normalized spacial score (nSPS) is 13.4. The topological polar surface area (TPSA) is 179 Å². The van der Waals surface area contributed by atoms with Gasteiger partial charge >= 0.3 is 0 Å². The van der Waals surface area contributed by atoms with Crippen LogP contribution in [0, 0.1) is 0 Å². The van der Waals surface area contributed by atoms with E-state index in [0.29, 0.717) is 111 Å². The molecule has 0 bridgehead atoms. The first-order valence-electron chi connectivity index (χ1n) is 23.9. The quantitative estimate of drug-likeness (QED) is 0.0288. The van der Waals surface area contributed by atoms with Gasteiger partial charge in [-0.25, -0.2) is 8.42 Å². The minimum absolute atomic E-state index is 0.267. The molecule has 14 nitrogen and oxygen atoms in total. The Balaban J connectivity index is 0.000000310. The Labute approximate surface area is 435 Å². The van der Waals surface area contributed by atoms with Crippen molar-refractivity contribution in [3.05, 3.63) is 209 Å². The molecule has 0 spiro atoms. The number of alkyl halides is 1. The molecule has 1 aliphatic heterocycles. The summed E-state index contributed by atoms with van der Waals surface area (Å²) in [5.74, 6) is 1.09. The van der Waals surface area contributed by atoms with Crippen molar-refractivity contribution in [2.24, 2.45) is 0 Å². The summed E-state index contributed by atoms with van der Waals surface area (Å²) in [6.07, 6.45) is 0.535. The van der Waals surface area contributed by atoms with Crippen molar-refractivity contribution in [2.75, 3.05) is 60.7 Å². The molecule has 0 unspecified atom stereocenters. The zero-order valence-corrected chi connectivity index (χ0v) is 42.7. The number of anilines is 4. The average Bonchev–Trinajstić information content (AvgIpc) is 3.43. The van der Waals surface area contributed by atoms with Gasteiger partial charge in [0.2, 0.25) is 22.8 Å². The molecule has 73 heavy (non-hydrogen) atoms. The second-order valence-electron chi connectivity index (χ2n) is 17.1. The number of sulfonamides is 1. The van der Waals surface area contributed by atoms with Crippen LogP contribution in [0.4, 0.5) is 22.7 Å². The predicted molar refractivity (Wildman–Crippen MR) is 289 cm³/mol. The van der Waals surface area contributed by atoms with E-state index in [0.717, 1.165) is 40.0 Å². The summed E-state index contributed by atoms with van der Waals surface area (Å²) in [5, 5.41) is 30.3. The molecular formula is C57H60BrN5O9S.